The van der Waals surface area contributed by atoms with E-state index in [4.69, 9.17) is 4.74 Å². The van der Waals surface area contributed by atoms with Crippen LogP contribution in [0.1, 0.15) is 28.6 Å². The smallest absolute Gasteiger partial charge is 0.225 e. The molecule has 1 N–H and O–H groups in total. The number of amides is 1. The number of rotatable bonds is 5. The van der Waals surface area contributed by atoms with Gasteiger partial charge in [-0.1, -0.05) is 6.07 Å². The van der Waals surface area contributed by atoms with Crippen LogP contribution < -0.4 is 0 Å². The zero-order valence-corrected chi connectivity index (χ0v) is 16.0. The van der Waals surface area contributed by atoms with Crippen LogP contribution in [0.3, 0.4) is 0 Å². The molecule has 0 spiro atoms. The third-order valence-electron chi connectivity index (χ3n) is 5.55. The molecule has 1 saturated heterocycles. The van der Waals surface area contributed by atoms with E-state index in [2.05, 4.69) is 32.6 Å². The van der Waals surface area contributed by atoms with Gasteiger partial charge in [0.15, 0.2) is 0 Å². The number of thiophene rings is 1. The maximum absolute atomic E-state index is 13.1. The number of carbonyl (C=O) groups excluding carboxylic acids is 1. The Morgan fingerprint density at radius 1 is 1.50 bits per heavy atom. The fourth-order valence-electron chi connectivity index (χ4n) is 4.04. The molecule has 0 saturated carbocycles. The minimum Gasteiger partial charge on any atom is -0.379 e. The zero-order chi connectivity index (χ0) is 17.9. The lowest BCUT2D eigenvalue weighted by Gasteiger charge is -2.37. The molecule has 3 heterocycles. The van der Waals surface area contributed by atoms with Crippen LogP contribution in [0.5, 0.6) is 0 Å². The molecule has 6 nitrogen and oxygen atoms in total. The van der Waals surface area contributed by atoms with Crippen LogP contribution in [0.2, 0.25) is 0 Å². The minimum atomic E-state index is 0.0571. The quantitative estimate of drug-likeness (QED) is 0.871. The molecule has 2 unspecified atom stereocenters. The molecule has 1 aliphatic carbocycles. The molecule has 2 aliphatic rings. The van der Waals surface area contributed by atoms with Gasteiger partial charge in [0, 0.05) is 49.6 Å². The van der Waals surface area contributed by atoms with Crippen molar-refractivity contribution in [2.45, 2.75) is 25.3 Å². The van der Waals surface area contributed by atoms with Crippen LogP contribution in [-0.2, 0) is 22.4 Å². The van der Waals surface area contributed by atoms with Gasteiger partial charge < -0.3 is 9.64 Å². The van der Waals surface area contributed by atoms with E-state index in [1.807, 2.05) is 18.1 Å². The summed E-state index contributed by atoms with van der Waals surface area (Å²) in [6, 6.07) is 4.52. The number of nitrogens with zero attached hydrogens (tertiary/aromatic N) is 3. The van der Waals surface area contributed by atoms with Crippen molar-refractivity contribution in [2.75, 3.05) is 39.9 Å². The van der Waals surface area contributed by atoms with Crippen LogP contribution >= 0.6 is 11.3 Å². The second-order valence-corrected chi connectivity index (χ2v) is 8.19. The van der Waals surface area contributed by atoms with Gasteiger partial charge in [-0.15, -0.1) is 11.3 Å². The number of fused-ring (bicyclic) bond motifs is 1. The Labute approximate surface area is 158 Å². The van der Waals surface area contributed by atoms with Crippen molar-refractivity contribution in [3.8, 4) is 0 Å². The standard InChI is InChI=1S/C19H26N4O2S/c1-22(19(24)14-4-5-15-12-20-21-16(15)11-14)13-17(18-3-2-10-26-18)23-6-8-25-9-7-23/h2-3,10,12,14,17H,4-9,11,13H2,1H3,(H,20,21). The number of nitrogens with one attached hydrogen (secondary N) is 1. The highest BCUT2D eigenvalue weighted by Crippen LogP contribution is 2.29. The average molecular weight is 375 g/mol. The number of H-pyrrole nitrogens is 1. The van der Waals surface area contributed by atoms with Gasteiger partial charge >= 0.3 is 0 Å². The Morgan fingerprint density at radius 3 is 3.12 bits per heavy atom. The van der Waals surface area contributed by atoms with E-state index in [9.17, 15) is 4.79 Å². The van der Waals surface area contributed by atoms with Gasteiger partial charge in [0.05, 0.1) is 25.5 Å². The molecule has 0 bridgehead atoms. The zero-order valence-electron chi connectivity index (χ0n) is 15.2. The Balaban J connectivity index is 1.44. The maximum atomic E-state index is 13.1. The second kappa shape index (κ2) is 7.90. The van der Waals surface area contributed by atoms with Crippen molar-refractivity contribution >= 4 is 17.2 Å². The molecule has 2 aromatic rings. The van der Waals surface area contributed by atoms with Crippen molar-refractivity contribution < 1.29 is 9.53 Å². The summed E-state index contributed by atoms with van der Waals surface area (Å²) in [6.07, 6.45) is 4.52. The molecule has 0 radical (unpaired) electrons. The van der Waals surface area contributed by atoms with E-state index in [1.165, 1.54) is 10.4 Å². The van der Waals surface area contributed by atoms with Crippen molar-refractivity contribution in [2.24, 2.45) is 5.92 Å². The molecule has 4 rings (SSSR count). The highest BCUT2D eigenvalue weighted by molar-refractivity contribution is 7.10. The first-order valence-electron chi connectivity index (χ1n) is 9.33. The number of aryl methyl sites for hydroxylation is 1. The Kier molecular flexibility index (Phi) is 5.38. The first kappa shape index (κ1) is 17.7. The van der Waals surface area contributed by atoms with Crippen LogP contribution in [0.25, 0.3) is 0 Å². The number of morpholine rings is 1. The van der Waals surface area contributed by atoms with Gasteiger partial charge in [-0.2, -0.15) is 5.10 Å². The van der Waals surface area contributed by atoms with Crippen molar-refractivity contribution in [1.29, 1.82) is 0 Å². The van der Waals surface area contributed by atoms with Gasteiger partial charge in [-0.25, -0.2) is 0 Å². The number of hydrogen-bond donors (Lipinski definition) is 1. The molecule has 1 aliphatic heterocycles. The third kappa shape index (κ3) is 3.70. The minimum absolute atomic E-state index is 0.0571. The molecule has 26 heavy (non-hydrogen) atoms. The van der Waals surface area contributed by atoms with Crippen LogP contribution in [0, 0.1) is 5.92 Å². The summed E-state index contributed by atoms with van der Waals surface area (Å²) in [7, 11) is 1.95. The topological polar surface area (TPSA) is 61.5 Å². The lowest BCUT2D eigenvalue weighted by Crippen LogP contribution is -2.45. The Hall–Kier alpha value is -1.70. The normalized spacial score (nSPS) is 22.0. The summed E-state index contributed by atoms with van der Waals surface area (Å²) in [5, 5.41) is 9.29. The highest BCUT2D eigenvalue weighted by atomic mass is 32.1. The van der Waals surface area contributed by atoms with Crippen LogP contribution in [0.15, 0.2) is 23.7 Å². The Morgan fingerprint density at radius 2 is 2.35 bits per heavy atom. The lowest BCUT2D eigenvalue weighted by molar-refractivity contribution is -0.135. The monoisotopic (exact) mass is 374 g/mol. The molecule has 7 heteroatoms. The highest BCUT2D eigenvalue weighted by Gasteiger charge is 2.31. The summed E-state index contributed by atoms with van der Waals surface area (Å²) in [5.41, 5.74) is 2.40. The average Bonchev–Trinajstić information content (AvgIpc) is 3.37. The van der Waals surface area contributed by atoms with Gasteiger partial charge in [0.25, 0.3) is 0 Å². The van der Waals surface area contributed by atoms with Crippen molar-refractivity contribution in [3.05, 3.63) is 39.8 Å². The van der Waals surface area contributed by atoms with E-state index in [1.54, 1.807) is 11.3 Å². The summed E-state index contributed by atoms with van der Waals surface area (Å²) in [5.74, 6) is 0.307. The van der Waals surface area contributed by atoms with Crippen molar-refractivity contribution in [1.82, 2.24) is 20.0 Å². The summed E-state index contributed by atoms with van der Waals surface area (Å²) >= 11 is 1.77. The number of hydrogen-bond acceptors (Lipinski definition) is 5. The van der Waals surface area contributed by atoms with Crippen molar-refractivity contribution in [3.63, 3.8) is 0 Å². The van der Waals surface area contributed by atoms with Crippen LogP contribution in [-0.4, -0.2) is 65.8 Å². The molecular formula is C19H26N4O2S. The van der Waals surface area contributed by atoms with Crippen LogP contribution in [0.4, 0.5) is 0 Å². The summed E-state index contributed by atoms with van der Waals surface area (Å²) < 4.78 is 5.51. The number of likely N-dealkylation sites (N-methyl/N-ethyl adjacent to an activating group) is 1. The van der Waals surface area contributed by atoms with E-state index in [0.717, 1.165) is 57.8 Å². The fourth-order valence-corrected chi connectivity index (χ4v) is 4.89. The number of ether oxygens (including phenoxy) is 1. The summed E-state index contributed by atoms with van der Waals surface area (Å²) in [4.78, 5) is 18.8. The van der Waals surface area contributed by atoms with Gasteiger partial charge in [0.2, 0.25) is 5.91 Å². The fraction of sp³-hybridized carbons (Fsp3) is 0.579. The largest absolute Gasteiger partial charge is 0.379 e. The first-order chi connectivity index (χ1) is 12.7. The number of aromatic nitrogens is 2. The maximum Gasteiger partial charge on any atom is 0.225 e. The molecule has 1 fully saturated rings. The third-order valence-corrected chi connectivity index (χ3v) is 6.52. The molecule has 1 amide bonds. The van der Waals surface area contributed by atoms with Gasteiger partial charge in [-0.3, -0.25) is 14.8 Å². The Bertz CT molecular complexity index is 724. The van der Waals surface area contributed by atoms with E-state index < -0.39 is 0 Å². The number of aromatic amines is 1. The van der Waals surface area contributed by atoms with E-state index in [0.29, 0.717) is 0 Å². The lowest BCUT2D eigenvalue weighted by atomic mass is 9.87. The molecule has 140 valence electrons. The summed E-state index contributed by atoms with van der Waals surface area (Å²) in [6.45, 7) is 4.11. The van der Waals surface area contributed by atoms with Gasteiger partial charge in [0.1, 0.15) is 0 Å². The molecule has 2 aromatic heterocycles. The van der Waals surface area contributed by atoms with Gasteiger partial charge in [-0.05, 0) is 29.9 Å². The molecule has 0 aromatic carbocycles. The second-order valence-electron chi connectivity index (χ2n) is 7.21. The van der Waals surface area contributed by atoms with E-state index >= 15 is 0 Å². The SMILES string of the molecule is CN(CC(c1cccs1)N1CCOCC1)C(=O)C1CCc2cn[nH]c2C1. The predicted molar refractivity (Wildman–Crippen MR) is 101 cm³/mol. The first-order valence-corrected chi connectivity index (χ1v) is 10.2. The molecular weight excluding hydrogens is 348 g/mol. The predicted octanol–water partition coefficient (Wildman–Crippen LogP) is 2.11. The number of carbonyl (C=O) groups is 1. The molecule has 2 atom stereocenters. The van der Waals surface area contributed by atoms with E-state index in [-0.39, 0.29) is 17.9 Å².